The van der Waals surface area contributed by atoms with Crippen LogP contribution < -0.4 is 5.32 Å². The van der Waals surface area contributed by atoms with Crippen LogP contribution in [0, 0.1) is 20.8 Å². The van der Waals surface area contributed by atoms with Crippen LogP contribution in [0.15, 0.2) is 70.0 Å². The summed E-state index contributed by atoms with van der Waals surface area (Å²) >= 11 is 9.37. The van der Waals surface area contributed by atoms with Crippen LogP contribution in [0.2, 0.25) is 5.02 Å². The Labute approximate surface area is 202 Å². The molecular weight excluding hydrogens is 512 g/mol. The molecule has 1 N–H and O–H groups in total. The first-order chi connectivity index (χ1) is 15.1. The molecule has 0 heterocycles. The highest BCUT2D eigenvalue weighted by Gasteiger charge is 2.27. The number of benzene rings is 3. The monoisotopic (exact) mass is 534 g/mol. The van der Waals surface area contributed by atoms with Gasteiger partial charge in [-0.15, -0.1) is 0 Å². The van der Waals surface area contributed by atoms with Crippen molar-refractivity contribution < 1.29 is 13.2 Å². The summed E-state index contributed by atoms with van der Waals surface area (Å²) in [5, 5.41) is 3.32. The van der Waals surface area contributed by atoms with Crippen molar-refractivity contribution in [2.45, 2.75) is 32.2 Å². The van der Waals surface area contributed by atoms with E-state index in [1.807, 2.05) is 57.2 Å². The first-order valence-corrected chi connectivity index (χ1v) is 12.6. The standard InChI is InChI=1S/C24H24BrClN2O3S/c1-16-5-4-6-19(11-16)14-28(32(30,31)22-9-7-21(26)8-10-22)15-23(29)27-24-17(2)12-20(25)13-18(24)3/h4-13H,14-15H2,1-3H3,(H,27,29). The highest BCUT2D eigenvalue weighted by molar-refractivity contribution is 9.10. The van der Waals surface area contributed by atoms with Gasteiger partial charge in [0.15, 0.2) is 0 Å². The number of rotatable bonds is 7. The van der Waals surface area contributed by atoms with Gasteiger partial charge in [0.1, 0.15) is 0 Å². The Hall–Kier alpha value is -2.19. The minimum Gasteiger partial charge on any atom is -0.324 e. The number of carbonyl (C=O) groups excluding carboxylic acids is 1. The Morgan fingerprint density at radius 1 is 1.00 bits per heavy atom. The molecule has 0 saturated heterocycles. The van der Waals surface area contributed by atoms with E-state index < -0.39 is 15.9 Å². The quantitative estimate of drug-likeness (QED) is 0.412. The third-order valence-electron chi connectivity index (χ3n) is 4.97. The molecule has 3 rings (SSSR count). The zero-order valence-electron chi connectivity index (χ0n) is 18.0. The second-order valence-corrected chi connectivity index (χ2v) is 11.0. The minimum absolute atomic E-state index is 0.0678. The van der Waals surface area contributed by atoms with E-state index in [1.165, 1.54) is 28.6 Å². The molecule has 0 aliphatic carbocycles. The van der Waals surface area contributed by atoms with Gasteiger partial charge in [-0.1, -0.05) is 57.4 Å². The van der Waals surface area contributed by atoms with Crippen molar-refractivity contribution in [3.8, 4) is 0 Å². The Bertz CT molecular complexity index is 1220. The van der Waals surface area contributed by atoms with Crippen LogP contribution in [0.5, 0.6) is 0 Å². The van der Waals surface area contributed by atoms with Gasteiger partial charge in [0.2, 0.25) is 15.9 Å². The predicted molar refractivity (Wildman–Crippen MR) is 132 cm³/mol. The maximum absolute atomic E-state index is 13.4. The van der Waals surface area contributed by atoms with Crippen LogP contribution in [0.4, 0.5) is 5.69 Å². The molecule has 0 spiro atoms. The van der Waals surface area contributed by atoms with Gasteiger partial charge < -0.3 is 5.32 Å². The van der Waals surface area contributed by atoms with Crippen molar-refractivity contribution in [3.05, 3.63) is 92.4 Å². The van der Waals surface area contributed by atoms with Crippen LogP contribution in [-0.4, -0.2) is 25.2 Å². The van der Waals surface area contributed by atoms with E-state index in [0.29, 0.717) is 10.7 Å². The molecule has 32 heavy (non-hydrogen) atoms. The van der Waals surface area contributed by atoms with Crippen molar-refractivity contribution in [1.29, 1.82) is 0 Å². The molecule has 3 aromatic carbocycles. The van der Waals surface area contributed by atoms with E-state index in [0.717, 1.165) is 26.7 Å². The third-order valence-corrected chi connectivity index (χ3v) is 7.49. The number of aryl methyl sites for hydroxylation is 3. The molecule has 0 aromatic heterocycles. The van der Waals surface area contributed by atoms with Crippen LogP contribution in [0.25, 0.3) is 0 Å². The van der Waals surface area contributed by atoms with Crippen molar-refractivity contribution in [2.24, 2.45) is 0 Å². The van der Waals surface area contributed by atoms with Crippen LogP contribution in [-0.2, 0) is 21.4 Å². The molecule has 168 valence electrons. The van der Waals surface area contributed by atoms with Gasteiger partial charge in [0.25, 0.3) is 0 Å². The summed E-state index contributed by atoms with van der Waals surface area (Å²) in [7, 11) is -3.94. The summed E-state index contributed by atoms with van der Waals surface area (Å²) in [5.74, 6) is -0.413. The summed E-state index contributed by atoms with van der Waals surface area (Å²) < 4.78 is 28.9. The highest BCUT2D eigenvalue weighted by atomic mass is 79.9. The fourth-order valence-corrected chi connectivity index (χ4v) is 5.64. The first kappa shape index (κ1) is 24.5. The second-order valence-electron chi connectivity index (χ2n) is 7.68. The summed E-state index contributed by atoms with van der Waals surface area (Å²) in [6.45, 7) is 5.46. The van der Waals surface area contributed by atoms with Gasteiger partial charge in [-0.25, -0.2) is 8.42 Å². The lowest BCUT2D eigenvalue weighted by Gasteiger charge is -2.23. The molecule has 0 radical (unpaired) electrons. The Morgan fingerprint density at radius 2 is 1.62 bits per heavy atom. The number of hydrogen-bond acceptors (Lipinski definition) is 3. The smallest absolute Gasteiger partial charge is 0.243 e. The molecule has 1 amide bonds. The minimum atomic E-state index is -3.94. The number of amides is 1. The normalized spacial score (nSPS) is 11.6. The number of hydrogen-bond donors (Lipinski definition) is 1. The summed E-state index contributed by atoms with van der Waals surface area (Å²) in [6, 6.07) is 17.3. The molecule has 8 heteroatoms. The fourth-order valence-electron chi connectivity index (χ4n) is 3.44. The lowest BCUT2D eigenvalue weighted by molar-refractivity contribution is -0.116. The van der Waals surface area contributed by atoms with Gasteiger partial charge in [-0.2, -0.15) is 4.31 Å². The van der Waals surface area contributed by atoms with E-state index in [-0.39, 0.29) is 18.0 Å². The van der Waals surface area contributed by atoms with Crippen molar-refractivity contribution in [1.82, 2.24) is 4.31 Å². The number of nitrogens with zero attached hydrogens (tertiary/aromatic N) is 1. The van der Waals surface area contributed by atoms with Gasteiger partial charge in [-0.3, -0.25) is 4.79 Å². The first-order valence-electron chi connectivity index (χ1n) is 9.94. The number of carbonyl (C=O) groups is 1. The highest BCUT2D eigenvalue weighted by Crippen LogP contribution is 2.26. The lowest BCUT2D eigenvalue weighted by atomic mass is 10.1. The maximum atomic E-state index is 13.4. The Balaban J connectivity index is 1.91. The maximum Gasteiger partial charge on any atom is 0.243 e. The number of anilines is 1. The van der Waals surface area contributed by atoms with E-state index in [2.05, 4.69) is 21.2 Å². The van der Waals surface area contributed by atoms with Crippen LogP contribution in [0.1, 0.15) is 22.3 Å². The van der Waals surface area contributed by atoms with E-state index in [4.69, 9.17) is 11.6 Å². The molecule has 0 saturated carbocycles. The molecule has 5 nitrogen and oxygen atoms in total. The largest absolute Gasteiger partial charge is 0.324 e. The lowest BCUT2D eigenvalue weighted by Crippen LogP contribution is -2.37. The van der Waals surface area contributed by atoms with Crippen molar-refractivity contribution in [3.63, 3.8) is 0 Å². The molecular formula is C24H24BrClN2O3S. The Morgan fingerprint density at radius 3 is 2.22 bits per heavy atom. The Kier molecular flexibility index (Phi) is 7.77. The molecule has 0 aliphatic heterocycles. The van der Waals surface area contributed by atoms with Gasteiger partial charge in [0.05, 0.1) is 11.4 Å². The van der Waals surface area contributed by atoms with Gasteiger partial charge in [0, 0.05) is 21.7 Å². The summed E-state index contributed by atoms with van der Waals surface area (Å²) in [4.78, 5) is 13.0. The van der Waals surface area contributed by atoms with E-state index in [9.17, 15) is 13.2 Å². The SMILES string of the molecule is Cc1cccc(CN(CC(=O)Nc2c(C)cc(Br)cc2C)S(=O)(=O)c2ccc(Cl)cc2)c1. The van der Waals surface area contributed by atoms with Crippen molar-refractivity contribution >= 4 is 49.1 Å². The molecule has 0 bridgehead atoms. The number of nitrogens with one attached hydrogen (secondary N) is 1. The van der Waals surface area contributed by atoms with E-state index >= 15 is 0 Å². The van der Waals surface area contributed by atoms with Crippen molar-refractivity contribution in [2.75, 3.05) is 11.9 Å². The molecule has 0 aliphatic rings. The average Bonchev–Trinajstić information content (AvgIpc) is 2.70. The summed E-state index contributed by atoms with van der Waals surface area (Å²) in [6.07, 6.45) is 0. The van der Waals surface area contributed by atoms with Gasteiger partial charge >= 0.3 is 0 Å². The zero-order chi connectivity index (χ0) is 23.5. The second kappa shape index (κ2) is 10.2. The van der Waals surface area contributed by atoms with E-state index in [1.54, 1.807) is 0 Å². The number of halogens is 2. The molecule has 3 aromatic rings. The fraction of sp³-hybridized carbons (Fsp3) is 0.208. The molecule has 0 fully saturated rings. The average molecular weight is 536 g/mol. The molecule has 0 unspecified atom stereocenters. The van der Waals surface area contributed by atoms with Gasteiger partial charge in [-0.05, 0) is 73.9 Å². The van der Waals surface area contributed by atoms with Crippen LogP contribution >= 0.6 is 27.5 Å². The third kappa shape index (κ3) is 5.98. The summed E-state index contributed by atoms with van der Waals surface area (Å²) in [5.41, 5.74) is 4.26. The predicted octanol–water partition coefficient (Wildman–Crippen LogP) is 5.86. The van der Waals surface area contributed by atoms with Crippen LogP contribution in [0.3, 0.4) is 0 Å². The zero-order valence-corrected chi connectivity index (χ0v) is 21.2. The topological polar surface area (TPSA) is 66.5 Å². The number of sulfonamides is 1. The molecule has 0 atom stereocenters.